The molecule has 3 aromatic rings. The maximum Gasteiger partial charge on any atom is 0.348 e. The number of hydrogen-bond donors (Lipinski definition) is 0. The molecule has 2 aromatic heterocycles. The summed E-state index contributed by atoms with van der Waals surface area (Å²) >= 11 is 1.11. The van der Waals surface area contributed by atoms with Crippen LogP contribution in [0.15, 0.2) is 41.5 Å². The quantitative estimate of drug-likeness (QED) is 0.549. The third-order valence-corrected chi connectivity index (χ3v) is 5.74. The van der Waals surface area contributed by atoms with Crippen molar-refractivity contribution >= 4 is 33.5 Å². The molecule has 0 spiro atoms. The van der Waals surface area contributed by atoms with E-state index in [0.29, 0.717) is 27.1 Å². The van der Waals surface area contributed by atoms with Crippen LogP contribution in [0.1, 0.15) is 47.1 Å². The molecule has 152 valence electrons. The summed E-state index contributed by atoms with van der Waals surface area (Å²) in [6, 6.07) is 8.54. The number of carbonyl (C=O) groups excluding carboxylic acids is 2. The topological polar surface area (TPSA) is 87.5 Å². The summed E-state index contributed by atoms with van der Waals surface area (Å²) in [7, 11) is 0. The van der Waals surface area contributed by atoms with Crippen molar-refractivity contribution in [3.05, 3.63) is 63.0 Å². The van der Waals surface area contributed by atoms with E-state index in [1.54, 1.807) is 20.8 Å². The van der Waals surface area contributed by atoms with E-state index in [-0.39, 0.29) is 18.8 Å². The predicted molar refractivity (Wildman–Crippen MR) is 110 cm³/mol. The van der Waals surface area contributed by atoms with E-state index in [2.05, 4.69) is 4.98 Å². The van der Waals surface area contributed by atoms with Crippen LogP contribution in [-0.2, 0) is 20.9 Å². The highest BCUT2D eigenvalue weighted by Gasteiger charge is 2.25. The number of benzene rings is 1. The molecule has 0 saturated carbocycles. The highest BCUT2D eigenvalue weighted by Crippen LogP contribution is 2.28. The van der Waals surface area contributed by atoms with Gasteiger partial charge in [-0.3, -0.25) is 9.36 Å². The first-order valence-electron chi connectivity index (χ1n) is 9.35. The molecule has 1 unspecified atom stereocenters. The number of thiophene rings is 1. The largest absolute Gasteiger partial charge is 0.462 e. The lowest BCUT2D eigenvalue weighted by molar-refractivity contribution is -0.149. The van der Waals surface area contributed by atoms with Crippen LogP contribution in [0.3, 0.4) is 0 Å². The molecule has 0 aliphatic rings. The molecule has 0 fully saturated rings. The Kier molecular flexibility index (Phi) is 6.43. The first kappa shape index (κ1) is 20.7. The van der Waals surface area contributed by atoms with Crippen LogP contribution in [0.4, 0.5) is 0 Å². The Morgan fingerprint density at radius 1 is 1.17 bits per heavy atom. The third-order valence-electron chi connectivity index (χ3n) is 4.56. The van der Waals surface area contributed by atoms with Gasteiger partial charge < -0.3 is 9.47 Å². The minimum absolute atomic E-state index is 0.130. The Morgan fingerprint density at radius 2 is 1.90 bits per heavy atom. The molecule has 7 nitrogen and oxygen atoms in total. The molecule has 0 amide bonds. The minimum Gasteiger partial charge on any atom is -0.462 e. The molecule has 0 N–H and O–H groups in total. The second-order valence-corrected chi connectivity index (χ2v) is 7.43. The zero-order valence-electron chi connectivity index (χ0n) is 16.5. The van der Waals surface area contributed by atoms with Crippen molar-refractivity contribution in [1.29, 1.82) is 0 Å². The number of hydrogen-bond acceptors (Lipinski definition) is 7. The number of nitrogens with zero attached hydrogens (tertiary/aromatic N) is 2. The van der Waals surface area contributed by atoms with Gasteiger partial charge in [0.05, 0.1) is 18.3 Å². The molecule has 1 aromatic carbocycles. The zero-order chi connectivity index (χ0) is 21.0. The van der Waals surface area contributed by atoms with E-state index < -0.39 is 18.0 Å². The molecule has 0 aliphatic heterocycles. The molecule has 3 rings (SSSR count). The van der Waals surface area contributed by atoms with Gasteiger partial charge in [-0.05, 0) is 31.4 Å². The van der Waals surface area contributed by atoms with Crippen LogP contribution in [0.25, 0.3) is 10.2 Å². The van der Waals surface area contributed by atoms with E-state index in [1.165, 1.54) is 10.9 Å². The Labute approximate surface area is 171 Å². The molecule has 0 aliphatic carbocycles. The second kappa shape index (κ2) is 9.00. The number of aryl methyl sites for hydroxylation is 1. The van der Waals surface area contributed by atoms with Gasteiger partial charge in [-0.1, -0.05) is 37.3 Å². The summed E-state index contributed by atoms with van der Waals surface area (Å²) in [5.41, 5.74) is 1.01. The zero-order valence-corrected chi connectivity index (χ0v) is 17.3. The highest BCUT2D eigenvalue weighted by atomic mass is 32.1. The fourth-order valence-electron chi connectivity index (χ4n) is 3.05. The van der Waals surface area contributed by atoms with Crippen LogP contribution in [0.2, 0.25) is 0 Å². The van der Waals surface area contributed by atoms with Gasteiger partial charge in [0, 0.05) is 0 Å². The standard InChI is InChI=1S/C21H22N2O5S/c1-4-15(20(25)28-11-14-9-7-6-8-10-14)23-12-22-18-16(19(23)24)13(3)17(29-18)21(26)27-5-2/h6-10,12,15H,4-5,11H2,1-3H3. The average Bonchev–Trinajstić information content (AvgIpc) is 3.07. The summed E-state index contributed by atoms with van der Waals surface area (Å²) in [6.45, 7) is 5.59. The summed E-state index contributed by atoms with van der Waals surface area (Å²) in [5.74, 6) is -0.980. The number of carbonyl (C=O) groups is 2. The maximum atomic E-state index is 13.1. The van der Waals surface area contributed by atoms with Crippen molar-refractivity contribution in [2.24, 2.45) is 0 Å². The Hall–Kier alpha value is -3.00. The Bertz CT molecular complexity index is 1090. The van der Waals surface area contributed by atoms with E-state index in [4.69, 9.17) is 9.47 Å². The molecule has 0 bridgehead atoms. The fraction of sp³-hybridized carbons (Fsp3) is 0.333. The number of aromatic nitrogens is 2. The lowest BCUT2D eigenvalue weighted by atomic mass is 10.2. The van der Waals surface area contributed by atoms with Crippen molar-refractivity contribution in [1.82, 2.24) is 9.55 Å². The molecule has 29 heavy (non-hydrogen) atoms. The smallest absolute Gasteiger partial charge is 0.348 e. The number of ether oxygens (including phenoxy) is 2. The SMILES string of the molecule is CCOC(=O)c1sc2ncn(C(CC)C(=O)OCc3ccccc3)c(=O)c2c1C. The summed E-state index contributed by atoms with van der Waals surface area (Å²) in [6.07, 6.45) is 1.71. The lowest BCUT2D eigenvalue weighted by Gasteiger charge is -2.17. The van der Waals surface area contributed by atoms with Gasteiger partial charge in [0.15, 0.2) is 0 Å². The molecule has 0 saturated heterocycles. The fourth-order valence-corrected chi connectivity index (χ4v) is 4.09. The van der Waals surface area contributed by atoms with E-state index >= 15 is 0 Å². The summed E-state index contributed by atoms with van der Waals surface area (Å²) in [4.78, 5) is 43.0. The molecular formula is C21H22N2O5S. The van der Waals surface area contributed by atoms with E-state index in [1.807, 2.05) is 30.3 Å². The highest BCUT2D eigenvalue weighted by molar-refractivity contribution is 7.20. The minimum atomic E-state index is -0.798. The van der Waals surface area contributed by atoms with Crippen molar-refractivity contribution in [2.75, 3.05) is 6.61 Å². The van der Waals surface area contributed by atoms with E-state index in [0.717, 1.165) is 16.9 Å². The molecule has 2 heterocycles. The Morgan fingerprint density at radius 3 is 2.55 bits per heavy atom. The molecule has 1 atom stereocenters. The van der Waals surface area contributed by atoms with Crippen molar-refractivity contribution in [3.63, 3.8) is 0 Å². The average molecular weight is 414 g/mol. The second-order valence-electron chi connectivity index (χ2n) is 6.43. The normalized spacial score (nSPS) is 12.0. The van der Waals surface area contributed by atoms with Crippen LogP contribution in [0, 0.1) is 6.92 Å². The van der Waals surface area contributed by atoms with Gasteiger partial charge in [-0.25, -0.2) is 14.6 Å². The lowest BCUT2D eigenvalue weighted by Crippen LogP contribution is -2.31. The van der Waals surface area contributed by atoms with Gasteiger partial charge in [0.2, 0.25) is 0 Å². The Balaban J connectivity index is 1.91. The van der Waals surface area contributed by atoms with Crippen LogP contribution >= 0.6 is 11.3 Å². The van der Waals surface area contributed by atoms with Crippen molar-refractivity contribution in [2.45, 2.75) is 39.8 Å². The molecule has 0 radical (unpaired) electrons. The summed E-state index contributed by atoms with van der Waals surface area (Å²) < 4.78 is 11.7. The first-order chi connectivity index (χ1) is 14.0. The van der Waals surface area contributed by atoms with Crippen LogP contribution in [-0.4, -0.2) is 28.1 Å². The van der Waals surface area contributed by atoms with E-state index in [9.17, 15) is 14.4 Å². The van der Waals surface area contributed by atoms with Gasteiger partial charge in [-0.15, -0.1) is 11.3 Å². The monoisotopic (exact) mass is 414 g/mol. The maximum absolute atomic E-state index is 13.1. The van der Waals surface area contributed by atoms with Crippen LogP contribution in [0.5, 0.6) is 0 Å². The van der Waals surface area contributed by atoms with Gasteiger partial charge in [-0.2, -0.15) is 0 Å². The molecule has 8 heteroatoms. The van der Waals surface area contributed by atoms with Gasteiger partial charge in [0.1, 0.15) is 22.4 Å². The predicted octanol–water partition coefficient (Wildman–Crippen LogP) is 3.64. The van der Waals surface area contributed by atoms with Gasteiger partial charge in [0.25, 0.3) is 5.56 Å². The summed E-state index contributed by atoms with van der Waals surface area (Å²) in [5, 5.41) is 0.329. The van der Waals surface area contributed by atoms with Crippen molar-refractivity contribution < 1.29 is 19.1 Å². The third kappa shape index (κ3) is 4.22. The number of rotatable bonds is 7. The number of esters is 2. The van der Waals surface area contributed by atoms with Gasteiger partial charge >= 0.3 is 11.9 Å². The van der Waals surface area contributed by atoms with Crippen LogP contribution < -0.4 is 5.56 Å². The first-order valence-corrected chi connectivity index (χ1v) is 10.2. The number of fused-ring (bicyclic) bond motifs is 1. The molecular weight excluding hydrogens is 392 g/mol. The van der Waals surface area contributed by atoms with Crippen molar-refractivity contribution in [3.8, 4) is 0 Å².